The molecule has 0 atom stereocenters. The van der Waals surface area contributed by atoms with Crippen molar-refractivity contribution in [3.05, 3.63) is 40.5 Å². The SMILES string of the molecule is COCc1nc(C(=O)N(CC(F)(F)F)c2ccccn2)cs1. The lowest BCUT2D eigenvalue weighted by atomic mass is 10.3. The van der Waals surface area contributed by atoms with Crippen LogP contribution < -0.4 is 4.90 Å². The molecular formula is C13H12F3N3O2S. The molecule has 0 aliphatic heterocycles. The summed E-state index contributed by atoms with van der Waals surface area (Å²) in [6.07, 6.45) is -3.22. The lowest BCUT2D eigenvalue weighted by molar-refractivity contribution is -0.118. The molecule has 0 N–H and O–H groups in total. The molecule has 0 fully saturated rings. The summed E-state index contributed by atoms with van der Waals surface area (Å²) in [4.78, 5) is 20.7. The number of hydrogen-bond donors (Lipinski definition) is 0. The molecule has 0 saturated heterocycles. The van der Waals surface area contributed by atoms with E-state index in [9.17, 15) is 18.0 Å². The molecule has 0 aromatic carbocycles. The average molecular weight is 331 g/mol. The van der Waals surface area contributed by atoms with E-state index in [0.29, 0.717) is 9.91 Å². The Labute approximate surface area is 128 Å². The third-order valence-corrected chi connectivity index (χ3v) is 3.37. The number of anilines is 1. The van der Waals surface area contributed by atoms with E-state index in [2.05, 4.69) is 9.97 Å². The molecule has 1 amide bonds. The molecule has 2 heterocycles. The molecule has 0 saturated carbocycles. The summed E-state index contributed by atoms with van der Waals surface area (Å²) < 4.78 is 43.1. The van der Waals surface area contributed by atoms with Gasteiger partial charge < -0.3 is 4.74 Å². The van der Waals surface area contributed by atoms with Gasteiger partial charge in [0.2, 0.25) is 0 Å². The second-order valence-electron chi connectivity index (χ2n) is 4.25. The lowest BCUT2D eigenvalue weighted by Gasteiger charge is -2.22. The first-order chi connectivity index (χ1) is 10.4. The van der Waals surface area contributed by atoms with Gasteiger partial charge in [0.25, 0.3) is 5.91 Å². The van der Waals surface area contributed by atoms with Gasteiger partial charge in [-0.15, -0.1) is 11.3 Å². The van der Waals surface area contributed by atoms with Gasteiger partial charge in [0, 0.05) is 18.7 Å². The van der Waals surface area contributed by atoms with Gasteiger partial charge in [-0.3, -0.25) is 9.69 Å². The zero-order valence-electron chi connectivity index (χ0n) is 11.5. The summed E-state index contributed by atoms with van der Waals surface area (Å²) >= 11 is 1.15. The molecule has 5 nitrogen and oxygen atoms in total. The molecule has 0 aliphatic rings. The maximum absolute atomic E-state index is 12.7. The number of carbonyl (C=O) groups is 1. The number of methoxy groups -OCH3 is 1. The van der Waals surface area contributed by atoms with Gasteiger partial charge in [-0.1, -0.05) is 6.07 Å². The Morgan fingerprint density at radius 3 is 2.77 bits per heavy atom. The van der Waals surface area contributed by atoms with Crippen LogP contribution in [0.3, 0.4) is 0 Å². The van der Waals surface area contributed by atoms with Crippen molar-refractivity contribution < 1.29 is 22.7 Å². The highest BCUT2D eigenvalue weighted by molar-refractivity contribution is 7.09. The highest BCUT2D eigenvalue weighted by Gasteiger charge is 2.35. The first-order valence-electron chi connectivity index (χ1n) is 6.13. The van der Waals surface area contributed by atoms with Crippen LogP contribution in [0.2, 0.25) is 0 Å². The summed E-state index contributed by atoms with van der Waals surface area (Å²) in [5.41, 5.74) is -0.0630. The van der Waals surface area contributed by atoms with Crippen molar-refractivity contribution in [1.82, 2.24) is 9.97 Å². The largest absolute Gasteiger partial charge is 0.406 e. The van der Waals surface area contributed by atoms with Crippen molar-refractivity contribution in [2.24, 2.45) is 0 Å². The predicted octanol–water partition coefficient (Wildman–Crippen LogP) is 2.89. The van der Waals surface area contributed by atoms with Gasteiger partial charge >= 0.3 is 6.18 Å². The Balaban J connectivity index is 2.29. The monoisotopic (exact) mass is 331 g/mol. The zero-order chi connectivity index (χ0) is 16.2. The summed E-state index contributed by atoms with van der Waals surface area (Å²) in [6.45, 7) is -1.24. The van der Waals surface area contributed by atoms with Crippen molar-refractivity contribution in [2.75, 3.05) is 18.6 Å². The van der Waals surface area contributed by atoms with Crippen LogP contribution in [0, 0.1) is 0 Å². The maximum atomic E-state index is 12.7. The van der Waals surface area contributed by atoms with Crippen LogP contribution in [-0.2, 0) is 11.3 Å². The van der Waals surface area contributed by atoms with Crippen LogP contribution in [0.4, 0.5) is 19.0 Å². The Bertz CT molecular complexity index is 631. The topological polar surface area (TPSA) is 55.3 Å². The molecule has 2 aromatic heterocycles. The molecule has 2 rings (SSSR count). The lowest BCUT2D eigenvalue weighted by Crippen LogP contribution is -2.39. The quantitative estimate of drug-likeness (QED) is 0.845. The van der Waals surface area contributed by atoms with E-state index >= 15 is 0 Å². The van der Waals surface area contributed by atoms with Crippen molar-refractivity contribution in [3.8, 4) is 0 Å². The molecule has 0 spiro atoms. The van der Waals surface area contributed by atoms with Crippen molar-refractivity contribution in [3.63, 3.8) is 0 Å². The first kappa shape index (κ1) is 16.4. The number of nitrogens with zero attached hydrogens (tertiary/aromatic N) is 3. The number of pyridine rings is 1. The molecule has 2 aromatic rings. The minimum Gasteiger partial charge on any atom is -0.378 e. The third kappa shape index (κ3) is 4.25. The Morgan fingerprint density at radius 2 is 2.18 bits per heavy atom. The van der Waals surface area contributed by atoms with Gasteiger partial charge in [0.05, 0.1) is 6.61 Å². The third-order valence-electron chi connectivity index (χ3n) is 2.55. The van der Waals surface area contributed by atoms with E-state index in [-0.39, 0.29) is 18.1 Å². The fraction of sp³-hybridized carbons (Fsp3) is 0.308. The van der Waals surface area contributed by atoms with E-state index in [1.165, 1.54) is 30.8 Å². The van der Waals surface area contributed by atoms with Gasteiger partial charge in [0.15, 0.2) is 0 Å². The molecule has 0 bridgehead atoms. The normalized spacial score (nSPS) is 11.5. The zero-order valence-corrected chi connectivity index (χ0v) is 12.3. The van der Waals surface area contributed by atoms with Gasteiger partial charge in [-0.25, -0.2) is 9.97 Å². The number of carbonyl (C=O) groups excluding carboxylic acids is 1. The van der Waals surface area contributed by atoms with Gasteiger partial charge in [0.1, 0.15) is 23.1 Å². The minimum atomic E-state index is -4.54. The van der Waals surface area contributed by atoms with E-state index in [4.69, 9.17) is 4.74 Å². The highest BCUT2D eigenvalue weighted by atomic mass is 32.1. The molecule has 118 valence electrons. The second kappa shape index (κ2) is 6.84. The molecule has 0 aliphatic carbocycles. The van der Waals surface area contributed by atoms with E-state index in [1.54, 1.807) is 6.07 Å². The second-order valence-corrected chi connectivity index (χ2v) is 5.20. The molecular weight excluding hydrogens is 319 g/mol. The predicted molar refractivity (Wildman–Crippen MR) is 74.8 cm³/mol. The minimum absolute atomic E-state index is 0.0630. The van der Waals surface area contributed by atoms with E-state index in [0.717, 1.165) is 11.3 Å². The molecule has 0 unspecified atom stereocenters. The maximum Gasteiger partial charge on any atom is 0.406 e. The van der Waals surface area contributed by atoms with Gasteiger partial charge in [-0.05, 0) is 12.1 Å². The van der Waals surface area contributed by atoms with Crippen LogP contribution in [0.5, 0.6) is 0 Å². The summed E-state index contributed by atoms with van der Waals surface area (Å²) in [5.74, 6) is -0.930. The highest BCUT2D eigenvalue weighted by Crippen LogP contribution is 2.23. The number of rotatable bonds is 5. The fourth-order valence-electron chi connectivity index (χ4n) is 1.69. The molecule has 0 radical (unpaired) electrons. The fourth-order valence-corrected chi connectivity index (χ4v) is 2.42. The van der Waals surface area contributed by atoms with E-state index in [1.807, 2.05) is 0 Å². The van der Waals surface area contributed by atoms with E-state index < -0.39 is 18.6 Å². The van der Waals surface area contributed by atoms with Crippen molar-refractivity contribution >= 4 is 23.1 Å². The van der Waals surface area contributed by atoms with Crippen LogP contribution in [-0.4, -0.2) is 35.7 Å². The number of amides is 1. The molecule has 22 heavy (non-hydrogen) atoms. The van der Waals surface area contributed by atoms with Crippen LogP contribution in [0.25, 0.3) is 0 Å². The number of alkyl halides is 3. The summed E-state index contributed by atoms with van der Waals surface area (Å²) in [6, 6.07) is 4.40. The van der Waals surface area contributed by atoms with Crippen LogP contribution in [0.1, 0.15) is 15.5 Å². The number of halogens is 3. The number of aromatic nitrogens is 2. The summed E-state index contributed by atoms with van der Waals surface area (Å²) in [7, 11) is 1.47. The Morgan fingerprint density at radius 1 is 1.41 bits per heavy atom. The first-order valence-corrected chi connectivity index (χ1v) is 7.01. The smallest absolute Gasteiger partial charge is 0.378 e. The van der Waals surface area contributed by atoms with Crippen LogP contribution >= 0.6 is 11.3 Å². The molecule has 9 heteroatoms. The van der Waals surface area contributed by atoms with Crippen LogP contribution in [0.15, 0.2) is 29.8 Å². The number of hydrogen-bond acceptors (Lipinski definition) is 5. The average Bonchev–Trinajstić information content (AvgIpc) is 2.93. The summed E-state index contributed by atoms with van der Waals surface area (Å²) in [5, 5.41) is 1.92. The number of ether oxygens (including phenoxy) is 1. The Hall–Kier alpha value is -2.00. The van der Waals surface area contributed by atoms with Gasteiger partial charge in [-0.2, -0.15) is 13.2 Å². The number of thiazole rings is 1. The standard InChI is InChI=1S/C13H12F3N3O2S/c1-21-6-11-18-9(7-22-11)12(20)19(8-13(14,15)16)10-4-2-3-5-17-10/h2-5,7H,6,8H2,1H3. The Kier molecular flexibility index (Phi) is 5.09. The van der Waals surface area contributed by atoms with Crippen molar-refractivity contribution in [1.29, 1.82) is 0 Å². The van der Waals surface area contributed by atoms with Crippen molar-refractivity contribution in [2.45, 2.75) is 12.8 Å².